The van der Waals surface area contributed by atoms with Crippen LogP contribution in [0.3, 0.4) is 0 Å². The molecule has 2 fully saturated rings. The fraction of sp³-hybridized carbons (Fsp3) is 0.702. The van der Waals surface area contributed by atoms with Crippen LogP contribution in [0.2, 0.25) is 0 Å². The van der Waals surface area contributed by atoms with Crippen LogP contribution < -0.4 is 15.2 Å². The van der Waals surface area contributed by atoms with Crippen LogP contribution in [0.15, 0.2) is 34.9 Å². The molecule has 3 aromatic heterocycles. The van der Waals surface area contributed by atoms with Crippen LogP contribution in [0.5, 0.6) is 11.8 Å². The van der Waals surface area contributed by atoms with Crippen molar-refractivity contribution < 1.29 is 28.2 Å². The minimum absolute atomic E-state index is 0.238. The van der Waals surface area contributed by atoms with Crippen molar-refractivity contribution >= 4 is 5.78 Å². The lowest BCUT2D eigenvalue weighted by molar-refractivity contribution is -0.120. The van der Waals surface area contributed by atoms with Crippen LogP contribution in [0.1, 0.15) is 106 Å². The quantitative estimate of drug-likeness (QED) is 0.167. The van der Waals surface area contributed by atoms with Gasteiger partial charge in [-0.25, -0.2) is 15.0 Å². The van der Waals surface area contributed by atoms with E-state index in [4.69, 9.17) is 39.1 Å². The minimum atomic E-state index is 0.238. The van der Waals surface area contributed by atoms with E-state index in [0.717, 1.165) is 115 Å². The van der Waals surface area contributed by atoms with Gasteiger partial charge in [0.1, 0.15) is 11.5 Å². The zero-order chi connectivity index (χ0) is 41.6. The van der Waals surface area contributed by atoms with Gasteiger partial charge < -0.3 is 38.9 Å². The Kier molecular flexibility index (Phi) is 17.6. The summed E-state index contributed by atoms with van der Waals surface area (Å²) in [5.74, 6) is 4.73. The topological polar surface area (TPSA) is 138 Å². The van der Waals surface area contributed by atoms with Crippen molar-refractivity contribution in [3.63, 3.8) is 0 Å². The van der Waals surface area contributed by atoms with Gasteiger partial charge in [0.05, 0.1) is 38.0 Å². The first-order valence-electron chi connectivity index (χ1n) is 22.6. The van der Waals surface area contributed by atoms with Crippen molar-refractivity contribution in [3.05, 3.63) is 64.6 Å². The van der Waals surface area contributed by atoms with Gasteiger partial charge in [0.25, 0.3) is 0 Å². The summed E-state index contributed by atoms with van der Waals surface area (Å²) in [6, 6.07) is 8.75. The van der Waals surface area contributed by atoms with Gasteiger partial charge in [-0.15, -0.1) is 0 Å². The molecule has 12 heteroatoms. The van der Waals surface area contributed by atoms with E-state index in [1.165, 1.54) is 35.4 Å². The summed E-state index contributed by atoms with van der Waals surface area (Å²) >= 11 is 0. The first-order valence-corrected chi connectivity index (χ1v) is 22.6. The fourth-order valence-electron chi connectivity index (χ4n) is 9.74. The van der Waals surface area contributed by atoms with Gasteiger partial charge in [0, 0.05) is 109 Å². The highest BCUT2D eigenvalue weighted by molar-refractivity contribution is 5.80. The molecule has 2 atom stereocenters. The summed E-state index contributed by atoms with van der Waals surface area (Å²) < 4.78 is 28.5. The third kappa shape index (κ3) is 13.5. The summed E-state index contributed by atoms with van der Waals surface area (Å²) in [4.78, 5) is 31.1. The number of oxazole rings is 1. The van der Waals surface area contributed by atoms with Gasteiger partial charge in [-0.1, -0.05) is 12.1 Å². The first kappa shape index (κ1) is 45.1. The number of ether oxygens (including phenoxy) is 4. The van der Waals surface area contributed by atoms with E-state index in [9.17, 15) is 4.79 Å². The zero-order valence-corrected chi connectivity index (χ0v) is 36.7. The molecule has 2 unspecified atom stereocenters. The molecule has 326 valence electrons. The Labute approximate surface area is 353 Å². The number of carbonyl (C=O) groups is 1. The highest BCUT2D eigenvalue weighted by Gasteiger charge is 2.31. The average Bonchev–Trinajstić information content (AvgIpc) is 3.41. The second kappa shape index (κ2) is 23.0. The van der Waals surface area contributed by atoms with E-state index in [-0.39, 0.29) is 11.9 Å². The molecular weight excluding hydrogens is 745 g/mol. The van der Waals surface area contributed by atoms with Crippen LogP contribution in [0, 0.1) is 24.7 Å². The molecule has 3 aromatic rings. The van der Waals surface area contributed by atoms with Crippen molar-refractivity contribution in [2.45, 2.75) is 129 Å². The number of ketones is 1. The molecule has 0 aromatic carbocycles. The van der Waals surface area contributed by atoms with E-state index in [0.29, 0.717) is 67.6 Å². The number of methoxy groups -OCH3 is 2. The number of Topliss-reactive ketones (excluding diaryl/α,β-unsaturated/α-hetero) is 1. The Morgan fingerprint density at radius 1 is 0.746 bits per heavy atom. The lowest BCUT2D eigenvalue weighted by atomic mass is 9.77. The summed E-state index contributed by atoms with van der Waals surface area (Å²) in [7, 11) is 3.71. The van der Waals surface area contributed by atoms with Crippen molar-refractivity contribution in [3.8, 4) is 11.8 Å². The molecule has 0 radical (unpaired) electrons. The molecule has 59 heavy (non-hydrogen) atoms. The number of hydrogen-bond donors (Lipinski definition) is 1. The molecule has 5 heterocycles. The normalized spacial score (nSPS) is 23.7. The number of fused-ring (bicyclic) bond motifs is 2. The van der Waals surface area contributed by atoms with Gasteiger partial charge in [-0.3, -0.25) is 4.79 Å². The number of hydrogen-bond acceptors (Lipinski definition) is 12. The van der Waals surface area contributed by atoms with Gasteiger partial charge in [-0.05, 0) is 107 Å². The smallest absolute Gasteiger partial charge is 0.213 e. The van der Waals surface area contributed by atoms with Gasteiger partial charge >= 0.3 is 0 Å². The summed E-state index contributed by atoms with van der Waals surface area (Å²) in [6.45, 7) is 13.2. The molecular formula is C47H72N6O6. The van der Waals surface area contributed by atoms with Crippen LogP contribution in [0.25, 0.3) is 0 Å². The van der Waals surface area contributed by atoms with Crippen LogP contribution >= 0.6 is 0 Å². The lowest BCUT2D eigenvalue weighted by Gasteiger charge is -2.35. The van der Waals surface area contributed by atoms with Crippen molar-refractivity contribution in [1.82, 2.24) is 24.8 Å². The first-order chi connectivity index (χ1) is 28.7. The van der Waals surface area contributed by atoms with Crippen molar-refractivity contribution in [2.24, 2.45) is 23.5 Å². The van der Waals surface area contributed by atoms with Crippen molar-refractivity contribution in [2.75, 3.05) is 66.7 Å². The predicted octanol–water partition coefficient (Wildman–Crippen LogP) is 6.61. The molecule has 2 N–H and O–H groups in total. The number of aryl methyl sites for hydroxylation is 1. The molecule has 0 amide bonds. The average molecular weight is 817 g/mol. The molecule has 2 saturated carbocycles. The van der Waals surface area contributed by atoms with Gasteiger partial charge in [0.15, 0.2) is 5.89 Å². The molecule has 2 aliphatic carbocycles. The summed E-state index contributed by atoms with van der Waals surface area (Å²) in [6.07, 6.45) is 16.4. The van der Waals surface area contributed by atoms with E-state index in [1.807, 2.05) is 40.2 Å². The number of pyridine rings is 2. The number of nitrogens with two attached hydrogens (primary N) is 1. The minimum Gasteiger partial charge on any atom is -0.478 e. The second-order valence-corrected chi connectivity index (χ2v) is 17.2. The lowest BCUT2D eigenvalue weighted by Crippen LogP contribution is -2.41. The SMILES string of the molecule is CCOc1ccc2c(n1)CCN(CC(OC)C1CCC(CC(=O)Cc3cnc(C)o3)CC1)CC2.CCOc1ccc2c(n1)CCN(CC(OC)C1CCC(N)CC1)CC2. The monoisotopic (exact) mass is 817 g/mol. The van der Waals surface area contributed by atoms with Gasteiger partial charge in [-0.2, -0.15) is 0 Å². The molecule has 0 spiro atoms. The molecule has 2 aliphatic heterocycles. The largest absolute Gasteiger partial charge is 0.478 e. The third-order valence-corrected chi connectivity index (χ3v) is 13.2. The summed E-state index contributed by atoms with van der Waals surface area (Å²) in [5, 5.41) is 0. The van der Waals surface area contributed by atoms with E-state index >= 15 is 0 Å². The van der Waals surface area contributed by atoms with E-state index in [2.05, 4.69) is 26.9 Å². The number of aromatic nitrogens is 3. The number of rotatable bonds is 16. The molecule has 0 bridgehead atoms. The fourth-order valence-corrected chi connectivity index (χ4v) is 9.74. The maximum Gasteiger partial charge on any atom is 0.213 e. The highest BCUT2D eigenvalue weighted by Crippen LogP contribution is 2.35. The zero-order valence-electron chi connectivity index (χ0n) is 36.7. The maximum absolute atomic E-state index is 12.5. The molecule has 0 saturated heterocycles. The number of nitrogens with zero attached hydrogens (tertiary/aromatic N) is 5. The third-order valence-electron chi connectivity index (χ3n) is 13.2. The second-order valence-electron chi connectivity index (χ2n) is 17.2. The Hall–Kier alpha value is -3.42. The van der Waals surface area contributed by atoms with E-state index in [1.54, 1.807) is 13.1 Å². The Balaban J connectivity index is 0.000000208. The highest BCUT2D eigenvalue weighted by atomic mass is 16.5. The Bertz CT molecular complexity index is 1720. The molecule has 7 rings (SSSR count). The van der Waals surface area contributed by atoms with Crippen LogP contribution in [0.4, 0.5) is 0 Å². The number of carbonyl (C=O) groups excluding carboxylic acids is 1. The van der Waals surface area contributed by atoms with E-state index < -0.39 is 0 Å². The van der Waals surface area contributed by atoms with Crippen molar-refractivity contribution in [1.29, 1.82) is 0 Å². The Morgan fingerprint density at radius 3 is 1.69 bits per heavy atom. The standard InChI is InChI=1S/C27H39N3O4.C20H33N3O2/c1-4-33-27-10-9-21-11-13-30(14-12-25(21)29-27)18-26(32-3)22-7-5-20(6-8-22)15-23(31)16-24-17-28-19(2)34-24;1-3-25-20-9-6-15-10-12-23(13-11-18(15)22-20)14-19(24-2)16-4-7-17(21)8-5-16/h9-10,17,20,22,26H,4-8,11-16,18H2,1-3H3;6,9,16-17,19H,3-5,7-8,10-14,21H2,1-2H3. The van der Waals surface area contributed by atoms with Gasteiger partial charge in [0.2, 0.25) is 11.8 Å². The summed E-state index contributed by atoms with van der Waals surface area (Å²) in [5.41, 5.74) is 11.1. The van der Waals surface area contributed by atoms with Crippen LogP contribution in [-0.2, 0) is 46.4 Å². The maximum atomic E-state index is 12.5. The molecule has 4 aliphatic rings. The van der Waals surface area contributed by atoms with Crippen LogP contribution in [-0.4, -0.2) is 115 Å². The Morgan fingerprint density at radius 2 is 1.24 bits per heavy atom. The molecule has 12 nitrogen and oxygen atoms in total. The predicted molar refractivity (Wildman–Crippen MR) is 230 cm³/mol.